The lowest BCUT2D eigenvalue weighted by Gasteiger charge is -2.34. The molecule has 0 aliphatic heterocycles. The predicted octanol–water partition coefficient (Wildman–Crippen LogP) is 6.73. The van der Waals surface area contributed by atoms with Gasteiger partial charge in [0, 0.05) is 43.8 Å². The van der Waals surface area contributed by atoms with Crippen molar-refractivity contribution in [3.05, 3.63) is 121 Å². The Bertz CT molecular complexity index is 2960. The summed E-state index contributed by atoms with van der Waals surface area (Å²) >= 11 is 0. The first-order chi connectivity index (χ1) is 32.0. The van der Waals surface area contributed by atoms with Crippen molar-refractivity contribution in [1.82, 2.24) is 49.5 Å². The maximum atomic E-state index is 13.6. The molecule has 1 saturated carbocycles. The summed E-state index contributed by atoms with van der Waals surface area (Å²) in [6, 6.07) is 15.6. The number of anilines is 2. The fourth-order valence-corrected chi connectivity index (χ4v) is 7.46. The van der Waals surface area contributed by atoms with Crippen molar-refractivity contribution in [3.8, 4) is 45.4 Å². The Kier molecular flexibility index (Phi) is 12.7. The molecule has 1 atom stereocenters. The molecule has 22 nitrogen and oxygen atoms in total. The third-order valence-corrected chi connectivity index (χ3v) is 11.1. The quantitative estimate of drug-likeness (QED) is 0.0526. The number of hydrogen-bond acceptors (Lipinski definition) is 14. The van der Waals surface area contributed by atoms with Crippen molar-refractivity contribution in [3.63, 3.8) is 0 Å². The van der Waals surface area contributed by atoms with Gasteiger partial charge in [-0.2, -0.15) is 20.4 Å². The summed E-state index contributed by atoms with van der Waals surface area (Å²) in [4.78, 5) is 54.0. The van der Waals surface area contributed by atoms with Crippen molar-refractivity contribution >= 4 is 31.0 Å². The average molecular weight is 919 g/mol. The van der Waals surface area contributed by atoms with Crippen molar-refractivity contribution < 1.29 is 46.8 Å². The van der Waals surface area contributed by atoms with Crippen LogP contribution in [0.3, 0.4) is 0 Å². The number of rotatable bonds is 19. The zero-order chi connectivity index (χ0) is 45.8. The lowest BCUT2D eigenvalue weighted by Crippen LogP contribution is -2.33. The zero-order valence-corrected chi connectivity index (χ0v) is 36.3. The van der Waals surface area contributed by atoms with Gasteiger partial charge in [-0.05, 0) is 74.7 Å². The molecule has 0 bridgehead atoms. The van der Waals surface area contributed by atoms with E-state index in [4.69, 9.17) is 43.3 Å². The van der Waals surface area contributed by atoms with E-state index in [1.165, 1.54) is 23.1 Å². The van der Waals surface area contributed by atoms with Crippen molar-refractivity contribution in [2.24, 2.45) is 0 Å². The van der Waals surface area contributed by atoms with E-state index in [0.29, 0.717) is 69.9 Å². The minimum atomic E-state index is -4.69. The van der Waals surface area contributed by atoms with E-state index in [0.717, 1.165) is 18.4 Å². The van der Waals surface area contributed by atoms with Crippen LogP contribution in [0, 0.1) is 0 Å². The molecule has 0 spiro atoms. The molecule has 9 rings (SSSR count). The number of ether oxygens (including phenoxy) is 2. The van der Waals surface area contributed by atoms with Crippen LogP contribution in [-0.2, 0) is 31.8 Å². The van der Waals surface area contributed by atoms with Gasteiger partial charge in [-0.25, -0.2) is 9.25 Å². The summed E-state index contributed by atoms with van der Waals surface area (Å²) in [6.07, 6.45) is 14.3. The van der Waals surface area contributed by atoms with Gasteiger partial charge in [0.1, 0.15) is 22.9 Å². The lowest BCUT2D eigenvalue weighted by atomic mass is 9.89. The van der Waals surface area contributed by atoms with Gasteiger partial charge in [0.25, 0.3) is 11.8 Å². The number of amides is 2. The molecule has 8 heterocycles. The number of carbonyl (C=O) groups is 2. The highest BCUT2D eigenvalue weighted by Crippen LogP contribution is 2.38. The second kappa shape index (κ2) is 19.0. The third kappa shape index (κ3) is 10.1. The van der Waals surface area contributed by atoms with E-state index < -0.39 is 26.4 Å². The van der Waals surface area contributed by atoms with Crippen LogP contribution in [0.2, 0.25) is 0 Å². The Labute approximate surface area is 375 Å². The number of aromatic nitrogens is 10. The summed E-state index contributed by atoms with van der Waals surface area (Å²) in [5.74, 6) is -0.0443. The maximum absolute atomic E-state index is 13.6. The monoisotopic (exact) mass is 918 g/mol. The molecular weight excluding hydrogens is 876 g/mol. The average Bonchev–Trinajstić information content (AvgIpc) is 4.16. The second-order valence-corrected chi connectivity index (χ2v) is 16.4. The zero-order valence-electron chi connectivity index (χ0n) is 35.4. The Hall–Kier alpha value is -7.33. The number of hydrogen-bond donors (Lipinski definition) is 5. The fraction of sp³-hybridized carbons (Fsp3) is 0.256. The van der Waals surface area contributed by atoms with Crippen LogP contribution in [0.5, 0.6) is 0 Å². The summed E-state index contributed by atoms with van der Waals surface area (Å²) in [5, 5.41) is 26.1. The number of phosphoric acid groups is 1. The van der Waals surface area contributed by atoms with Crippen LogP contribution in [0.15, 0.2) is 113 Å². The second-order valence-electron chi connectivity index (χ2n) is 15.2. The molecule has 2 amide bonds. The Balaban J connectivity index is 0.858. The Morgan fingerprint density at radius 1 is 0.864 bits per heavy atom. The number of nitrogens with one attached hydrogen (secondary N) is 3. The molecule has 1 aliphatic rings. The van der Waals surface area contributed by atoms with Gasteiger partial charge in [-0.3, -0.25) is 38.5 Å². The predicted molar refractivity (Wildman–Crippen MR) is 234 cm³/mol. The number of phosphoric ester groups is 1. The minimum Gasteiger partial charge on any atom is -0.451 e. The summed E-state index contributed by atoms with van der Waals surface area (Å²) in [5.41, 5.74) is 4.89. The van der Waals surface area contributed by atoms with E-state index in [1.54, 1.807) is 66.1 Å². The molecule has 1 unspecified atom stereocenters. The summed E-state index contributed by atoms with van der Waals surface area (Å²) in [6.45, 7) is 4.65. The van der Waals surface area contributed by atoms with Gasteiger partial charge in [-0.15, -0.1) is 0 Å². The van der Waals surface area contributed by atoms with E-state index in [9.17, 15) is 14.2 Å². The molecule has 5 N–H and O–H groups in total. The molecule has 340 valence electrons. The molecule has 8 aromatic heterocycles. The normalized spacial score (nSPS) is 15.4. The number of H-pyrrole nitrogens is 1. The van der Waals surface area contributed by atoms with Gasteiger partial charge >= 0.3 is 7.82 Å². The highest BCUT2D eigenvalue weighted by molar-refractivity contribution is 7.46. The van der Waals surface area contributed by atoms with E-state index >= 15 is 0 Å². The smallest absolute Gasteiger partial charge is 0.451 e. The fourth-order valence-electron chi connectivity index (χ4n) is 7.19. The number of nitrogens with zero attached hydrogens (tertiary/aromatic N) is 9. The van der Waals surface area contributed by atoms with Crippen LogP contribution >= 0.6 is 7.82 Å². The van der Waals surface area contributed by atoms with E-state index in [2.05, 4.69) is 35.4 Å². The van der Waals surface area contributed by atoms with Crippen molar-refractivity contribution in [2.45, 2.75) is 58.2 Å². The number of pyridine rings is 2. The van der Waals surface area contributed by atoms with Gasteiger partial charge in [0.05, 0.1) is 77.7 Å². The number of aromatic amines is 1. The molecule has 8 aromatic rings. The van der Waals surface area contributed by atoms with Crippen LogP contribution in [0.1, 0.15) is 65.5 Å². The Morgan fingerprint density at radius 3 is 2.26 bits per heavy atom. The van der Waals surface area contributed by atoms with Gasteiger partial charge in [0.15, 0.2) is 18.3 Å². The molecule has 1 fully saturated rings. The minimum absolute atomic E-state index is 0.00978. The molecule has 23 heteroatoms. The standard InChI is InChI=1S/C43H43N12O10P/c1-3-61-31-16-30(17-31)55-24-35(50-43(57)39-12-10-37(65-39)29-21-48-54(22-29)25-63-66(58,59)60)41(52-55)33-8-7-27(18-45-33)26(2)62-15-14-53-23-34(40(51-53)32-6-4-5-13-44-32)49-42(56)38-11-9-36(64-38)28-19-46-47-20-28/h4-13,18-24,26,30-31H,3,14-17,25H2,1-2H3,(H,46,47)(H,49,56)(H,50,57)(H2,58,59,60). The first-order valence-electron chi connectivity index (χ1n) is 20.8. The largest absolute Gasteiger partial charge is 0.471 e. The topological polar surface area (TPSA) is 278 Å². The summed E-state index contributed by atoms with van der Waals surface area (Å²) in [7, 11) is -4.69. The lowest BCUT2D eigenvalue weighted by molar-refractivity contribution is -0.0226. The van der Waals surface area contributed by atoms with Gasteiger partial charge in [-0.1, -0.05) is 12.1 Å². The molecule has 66 heavy (non-hydrogen) atoms. The van der Waals surface area contributed by atoms with Crippen molar-refractivity contribution in [1.29, 1.82) is 0 Å². The highest BCUT2D eigenvalue weighted by atomic mass is 31.2. The molecular formula is C43H43N12O10P. The maximum Gasteiger partial charge on any atom is 0.471 e. The number of carbonyl (C=O) groups excluding carboxylic acids is 2. The van der Waals surface area contributed by atoms with Crippen LogP contribution in [-0.4, -0.2) is 90.4 Å². The van der Waals surface area contributed by atoms with Crippen molar-refractivity contribution in [2.75, 3.05) is 23.8 Å². The van der Waals surface area contributed by atoms with Crippen LogP contribution in [0.4, 0.5) is 11.4 Å². The Morgan fingerprint density at radius 2 is 1.59 bits per heavy atom. The van der Waals surface area contributed by atoms with Gasteiger partial charge < -0.3 is 38.7 Å². The van der Waals surface area contributed by atoms with E-state index in [1.807, 2.05) is 42.8 Å². The first kappa shape index (κ1) is 43.9. The molecule has 0 saturated heterocycles. The number of furan rings is 2. The van der Waals surface area contributed by atoms with Crippen LogP contribution < -0.4 is 10.6 Å². The molecule has 0 aromatic carbocycles. The SMILES string of the molecule is CCOC1CC(n2cc(NC(=O)c3ccc(-c4cnn(COP(=O)(O)O)c4)o3)c(-c3ccc(C(C)OCCn4cc(NC(=O)c5ccc(-c6cn[nH]c6)o5)c(-c5ccccn5)n4)cn3)n2)C1. The van der Waals surface area contributed by atoms with E-state index in [-0.39, 0.29) is 36.4 Å². The highest BCUT2D eigenvalue weighted by Gasteiger charge is 2.33. The van der Waals surface area contributed by atoms with Gasteiger partial charge in [0.2, 0.25) is 0 Å². The molecule has 1 aliphatic carbocycles. The molecule has 0 radical (unpaired) electrons. The third-order valence-electron chi connectivity index (χ3n) is 10.6. The van der Waals surface area contributed by atoms with Crippen LogP contribution in [0.25, 0.3) is 45.4 Å². The summed E-state index contributed by atoms with van der Waals surface area (Å²) < 4.78 is 43.9. The first-order valence-corrected chi connectivity index (χ1v) is 22.3.